The van der Waals surface area contributed by atoms with Gasteiger partial charge in [0.25, 0.3) is 0 Å². The quantitative estimate of drug-likeness (QED) is 0.210. The van der Waals surface area contributed by atoms with Crippen LogP contribution in [0.3, 0.4) is 0 Å². The van der Waals surface area contributed by atoms with Crippen molar-refractivity contribution in [3.8, 4) is 11.5 Å². The van der Waals surface area contributed by atoms with Gasteiger partial charge in [0, 0.05) is 20.1 Å². The molecule has 4 aromatic carbocycles. The van der Waals surface area contributed by atoms with Gasteiger partial charge in [0.1, 0.15) is 17.1 Å². The molecular weight excluding hydrogens is 580 g/mol. The Morgan fingerprint density at radius 2 is 1.06 bits per heavy atom. The summed E-state index contributed by atoms with van der Waals surface area (Å²) in [5.41, 5.74) is 3.05. The minimum absolute atomic E-state index is 0.579. The van der Waals surface area contributed by atoms with Crippen LogP contribution in [0.25, 0.3) is 0 Å². The second-order valence-corrected chi connectivity index (χ2v) is 16.4. The van der Waals surface area contributed by atoms with E-state index in [1.165, 1.54) is 11.1 Å². The van der Waals surface area contributed by atoms with Gasteiger partial charge in [-0.2, -0.15) is 0 Å². The number of ether oxygens (including phenoxy) is 1. The number of hydrogen-bond donors (Lipinski definition) is 0. The summed E-state index contributed by atoms with van der Waals surface area (Å²) in [7, 11) is -2.13. The molecule has 0 aromatic heterocycles. The normalized spacial score (nSPS) is 14.6. The van der Waals surface area contributed by atoms with Crippen molar-refractivity contribution < 1.29 is 9.16 Å². The van der Waals surface area contributed by atoms with Gasteiger partial charge in [0.2, 0.25) is 0 Å². The monoisotopic (exact) mass is 606 g/mol. The van der Waals surface area contributed by atoms with Crippen molar-refractivity contribution in [2.24, 2.45) is 0 Å². The van der Waals surface area contributed by atoms with Crippen LogP contribution in [-0.2, 0) is 15.4 Å². The molecule has 1 aliphatic heterocycles. The van der Waals surface area contributed by atoms with E-state index in [-0.39, 0.29) is 0 Å². The Morgan fingerprint density at radius 1 is 0.657 bits per heavy atom. The van der Waals surface area contributed by atoms with E-state index in [2.05, 4.69) is 143 Å². The molecule has 0 bridgehead atoms. The summed E-state index contributed by atoms with van der Waals surface area (Å²) in [4.78, 5) is 0. The highest BCUT2D eigenvalue weighted by atomic mass is 79.9. The van der Waals surface area contributed by atoms with E-state index in [0.29, 0.717) is 0 Å². The Hall–Kier alpha value is -2.18. The van der Waals surface area contributed by atoms with Gasteiger partial charge in [-0.3, -0.25) is 0 Å². The first-order valence-corrected chi connectivity index (χ1v) is 16.7. The lowest BCUT2D eigenvalue weighted by atomic mass is 9.58. The molecule has 178 valence electrons. The van der Waals surface area contributed by atoms with Crippen LogP contribution in [0.2, 0.25) is 19.6 Å². The lowest BCUT2D eigenvalue weighted by Gasteiger charge is -2.54. The highest BCUT2D eigenvalue weighted by molar-refractivity contribution is 9.10. The Morgan fingerprint density at radius 3 is 1.46 bits per heavy atom. The van der Waals surface area contributed by atoms with Gasteiger partial charge in [0.15, 0.2) is 8.32 Å². The van der Waals surface area contributed by atoms with Crippen molar-refractivity contribution >= 4 is 40.2 Å². The molecule has 4 aromatic rings. The van der Waals surface area contributed by atoms with Crippen LogP contribution in [0, 0.1) is 0 Å². The SMILES string of the molecule is CC(c1ccc(Br)cc1)(c1ccc(Br)cc1)C1(O[Si](C)(C)C)c2ccccc2Oc2ccccc21. The molecule has 0 saturated carbocycles. The molecule has 0 N–H and O–H groups in total. The summed E-state index contributed by atoms with van der Waals surface area (Å²) in [6, 6.07) is 34.0. The van der Waals surface area contributed by atoms with Gasteiger partial charge in [-0.05, 0) is 74.1 Å². The lowest BCUT2D eigenvalue weighted by molar-refractivity contribution is 0.0286. The molecule has 0 unspecified atom stereocenters. The molecular formula is C30H28Br2O2Si. The van der Waals surface area contributed by atoms with Crippen LogP contribution in [0.1, 0.15) is 29.2 Å². The van der Waals surface area contributed by atoms with Gasteiger partial charge < -0.3 is 9.16 Å². The average molecular weight is 608 g/mol. The predicted octanol–water partition coefficient (Wildman–Crippen LogP) is 9.42. The maximum atomic E-state index is 7.49. The number of hydrogen-bond acceptors (Lipinski definition) is 2. The highest BCUT2D eigenvalue weighted by Crippen LogP contribution is 2.61. The number of benzene rings is 4. The molecule has 1 aliphatic rings. The van der Waals surface area contributed by atoms with E-state index in [1.54, 1.807) is 0 Å². The fourth-order valence-corrected chi connectivity index (χ4v) is 7.18. The van der Waals surface area contributed by atoms with E-state index in [9.17, 15) is 0 Å². The zero-order valence-corrected chi connectivity index (χ0v) is 24.5. The van der Waals surface area contributed by atoms with Crippen LogP contribution < -0.4 is 4.74 Å². The Balaban J connectivity index is 1.97. The zero-order chi connectivity index (χ0) is 24.8. The predicted molar refractivity (Wildman–Crippen MR) is 153 cm³/mol. The summed E-state index contributed by atoms with van der Waals surface area (Å²) < 4.78 is 16.1. The van der Waals surface area contributed by atoms with E-state index < -0.39 is 19.3 Å². The van der Waals surface area contributed by atoms with Gasteiger partial charge in [0.05, 0.1) is 5.41 Å². The third kappa shape index (κ3) is 4.12. The molecule has 0 atom stereocenters. The second kappa shape index (κ2) is 9.04. The fraction of sp³-hybridized carbons (Fsp3) is 0.200. The largest absolute Gasteiger partial charge is 0.457 e. The van der Waals surface area contributed by atoms with Gasteiger partial charge in [-0.1, -0.05) is 92.5 Å². The summed E-state index contributed by atoms with van der Waals surface area (Å²) in [6.45, 7) is 9.11. The number of fused-ring (bicyclic) bond motifs is 2. The standard InChI is InChI=1S/C30H28Br2O2Si/c1-29(21-13-17-23(31)18-14-21,22-15-19-24(32)20-16-22)30(34-35(2,3)4)25-9-5-7-11-27(25)33-28-12-8-6-10-26(28)30/h5-20H,1-4H3. The summed E-state index contributed by atoms with van der Waals surface area (Å²) in [6.07, 6.45) is 0. The second-order valence-electron chi connectivity index (χ2n) is 10.1. The first-order chi connectivity index (χ1) is 16.6. The Kier molecular flexibility index (Phi) is 6.33. The third-order valence-corrected chi connectivity index (χ3v) is 8.74. The summed E-state index contributed by atoms with van der Waals surface area (Å²) in [5.74, 6) is 1.68. The van der Waals surface area contributed by atoms with Crippen molar-refractivity contribution in [3.05, 3.63) is 128 Å². The van der Waals surface area contributed by atoms with Gasteiger partial charge in [-0.15, -0.1) is 0 Å². The maximum Gasteiger partial charge on any atom is 0.185 e. The van der Waals surface area contributed by atoms with Crippen molar-refractivity contribution in [1.82, 2.24) is 0 Å². The summed E-state index contributed by atoms with van der Waals surface area (Å²) in [5, 5.41) is 0. The van der Waals surface area contributed by atoms with Crippen molar-refractivity contribution in [2.75, 3.05) is 0 Å². The minimum Gasteiger partial charge on any atom is -0.457 e. The Bertz CT molecular complexity index is 1270. The third-order valence-electron chi connectivity index (χ3n) is 6.76. The van der Waals surface area contributed by atoms with E-state index in [1.807, 2.05) is 12.1 Å². The van der Waals surface area contributed by atoms with Crippen molar-refractivity contribution in [3.63, 3.8) is 0 Å². The molecule has 5 rings (SSSR count). The Labute approximate surface area is 225 Å². The van der Waals surface area contributed by atoms with Gasteiger partial charge in [-0.25, -0.2) is 0 Å². The number of rotatable bonds is 5. The lowest BCUT2D eigenvalue weighted by Crippen LogP contribution is -2.56. The molecule has 0 saturated heterocycles. The smallest absolute Gasteiger partial charge is 0.185 e. The maximum absolute atomic E-state index is 7.49. The molecule has 0 aliphatic carbocycles. The first-order valence-electron chi connectivity index (χ1n) is 11.7. The van der Waals surface area contributed by atoms with Crippen LogP contribution in [-0.4, -0.2) is 8.32 Å². The van der Waals surface area contributed by atoms with Crippen LogP contribution in [0.4, 0.5) is 0 Å². The molecule has 5 heteroatoms. The molecule has 2 nitrogen and oxygen atoms in total. The van der Waals surface area contributed by atoms with Crippen LogP contribution in [0.5, 0.6) is 11.5 Å². The van der Waals surface area contributed by atoms with Gasteiger partial charge >= 0.3 is 0 Å². The molecule has 0 spiro atoms. The van der Waals surface area contributed by atoms with Crippen LogP contribution in [0.15, 0.2) is 106 Å². The minimum atomic E-state index is -2.13. The average Bonchev–Trinajstić information content (AvgIpc) is 2.83. The van der Waals surface area contributed by atoms with Crippen molar-refractivity contribution in [2.45, 2.75) is 37.6 Å². The molecule has 0 fully saturated rings. The highest BCUT2D eigenvalue weighted by Gasteiger charge is 2.59. The molecule has 1 heterocycles. The van der Waals surface area contributed by atoms with E-state index in [0.717, 1.165) is 31.6 Å². The first kappa shape index (κ1) is 24.5. The number of halogens is 2. The zero-order valence-electron chi connectivity index (χ0n) is 20.3. The summed E-state index contributed by atoms with van der Waals surface area (Å²) >= 11 is 7.27. The molecule has 0 amide bonds. The van der Waals surface area contributed by atoms with E-state index >= 15 is 0 Å². The van der Waals surface area contributed by atoms with Crippen molar-refractivity contribution in [1.29, 1.82) is 0 Å². The topological polar surface area (TPSA) is 18.5 Å². The van der Waals surface area contributed by atoms with Crippen LogP contribution >= 0.6 is 31.9 Å². The van der Waals surface area contributed by atoms with E-state index in [4.69, 9.17) is 9.16 Å². The number of para-hydroxylation sites is 2. The molecule has 0 radical (unpaired) electrons. The fourth-order valence-electron chi connectivity index (χ4n) is 5.31. The molecule has 35 heavy (non-hydrogen) atoms.